The molecule has 2 aliphatic heterocycles. The third-order valence-corrected chi connectivity index (χ3v) is 6.24. The van der Waals surface area contributed by atoms with Gasteiger partial charge in [-0.3, -0.25) is 28.7 Å². The molecule has 4 atom stereocenters. The van der Waals surface area contributed by atoms with Gasteiger partial charge in [-0.1, -0.05) is 12.1 Å². The molecule has 3 rings (SSSR count). The summed E-state index contributed by atoms with van der Waals surface area (Å²) in [5.74, 6) is -6.46. The lowest BCUT2D eigenvalue weighted by Gasteiger charge is -2.26. The molecule has 1 aromatic carbocycles. The van der Waals surface area contributed by atoms with Crippen LogP contribution < -0.4 is 16.0 Å². The molecular formula is C23H26F4N4O7. The van der Waals surface area contributed by atoms with Crippen LogP contribution in [0.25, 0.3) is 0 Å². The summed E-state index contributed by atoms with van der Waals surface area (Å²) in [6.07, 6.45) is -5.86. The zero-order chi connectivity index (χ0) is 28.0. The third kappa shape index (κ3) is 7.47. The minimum Gasteiger partial charge on any atom is -0.380 e. The van der Waals surface area contributed by atoms with Gasteiger partial charge in [0.25, 0.3) is 0 Å². The molecule has 11 nitrogen and oxygen atoms in total. The van der Waals surface area contributed by atoms with Crippen molar-refractivity contribution in [2.45, 2.75) is 43.8 Å². The smallest absolute Gasteiger partial charge is 0.380 e. The Labute approximate surface area is 214 Å². The Hall–Kier alpha value is -3.59. The number of Topliss-reactive ketones (excluding diaryl/α,β-unsaturated/α-hetero) is 1. The van der Waals surface area contributed by atoms with E-state index in [9.17, 15) is 41.5 Å². The molecule has 0 bridgehead atoms. The predicted molar refractivity (Wildman–Crippen MR) is 121 cm³/mol. The van der Waals surface area contributed by atoms with Crippen molar-refractivity contribution in [3.8, 4) is 0 Å². The normalized spacial score (nSPS) is 22.1. The maximum absolute atomic E-state index is 13.9. The number of para-hydroxylation sites is 1. The van der Waals surface area contributed by atoms with Gasteiger partial charge in [-0.25, -0.2) is 4.39 Å². The number of anilines is 1. The minimum absolute atomic E-state index is 0.0923. The van der Waals surface area contributed by atoms with Gasteiger partial charge in [-0.2, -0.15) is 0 Å². The number of nitrogens with one attached hydrogen (secondary N) is 3. The van der Waals surface area contributed by atoms with E-state index < -0.39 is 72.3 Å². The molecule has 2 saturated heterocycles. The number of carbonyl (C=O) groups is 5. The number of amides is 4. The van der Waals surface area contributed by atoms with Gasteiger partial charge in [-0.05, 0) is 25.0 Å². The van der Waals surface area contributed by atoms with E-state index in [-0.39, 0.29) is 25.1 Å². The van der Waals surface area contributed by atoms with E-state index in [2.05, 4.69) is 20.7 Å². The molecule has 0 aromatic heterocycles. The van der Waals surface area contributed by atoms with Crippen LogP contribution in [-0.2, 0) is 33.4 Å². The summed E-state index contributed by atoms with van der Waals surface area (Å²) < 4.78 is 60.2. The predicted octanol–water partition coefficient (Wildman–Crippen LogP) is 0.497. The molecule has 0 aliphatic carbocycles. The van der Waals surface area contributed by atoms with Crippen molar-refractivity contribution in [1.82, 2.24) is 15.5 Å². The SMILES string of the molecule is COC1CC(C(=O)NC(CC2CCNC2=O)C(=O)COC(F)(F)F)N(C(=O)C(=O)Nc2ccccc2F)C1. The average Bonchev–Trinajstić information content (AvgIpc) is 3.48. The maximum Gasteiger partial charge on any atom is 0.522 e. The molecule has 1 aromatic rings. The fourth-order valence-electron chi connectivity index (χ4n) is 4.26. The van der Waals surface area contributed by atoms with Crippen molar-refractivity contribution in [3.05, 3.63) is 30.1 Å². The number of likely N-dealkylation sites (tertiary alicyclic amines) is 1. The topological polar surface area (TPSA) is 143 Å². The van der Waals surface area contributed by atoms with Crippen LogP contribution in [0.2, 0.25) is 0 Å². The highest BCUT2D eigenvalue weighted by Crippen LogP contribution is 2.24. The molecule has 4 amide bonds. The first-order valence-electron chi connectivity index (χ1n) is 11.6. The van der Waals surface area contributed by atoms with E-state index in [0.29, 0.717) is 13.0 Å². The lowest BCUT2D eigenvalue weighted by molar-refractivity contribution is -0.321. The Bertz CT molecular complexity index is 1080. The largest absolute Gasteiger partial charge is 0.522 e. The van der Waals surface area contributed by atoms with Crippen LogP contribution in [0.15, 0.2) is 24.3 Å². The molecule has 15 heteroatoms. The molecule has 4 unspecified atom stereocenters. The van der Waals surface area contributed by atoms with Crippen molar-refractivity contribution in [1.29, 1.82) is 0 Å². The first kappa shape index (κ1) is 29.0. The Kier molecular flexibility index (Phi) is 9.38. The third-order valence-electron chi connectivity index (χ3n) is 6.24. The number of hydrogen-bond donors (Lipinski definition) is 3. The summed E-state index contributed by atoms with van der Waals surface area (Å²) in [7, 11) is 1.31. The second-order valence-corrected chi connectivity index (χ2v) is 8.77. The van der Waals surface area contributed by atoms with Gasteiger partial charge in [-0.15, -0.1) is 13.2 Å². The van der Waals surface area contributed by atoms with Gasteiger partial charge in [0, 0.05) is 32.5 Å². The van der Waals surface area contributed by atoms with Gasteiger partial charge >= 0.3 is 18.2 Å². The summed E-state index contributed by atoms with van der Waals surface area (Å²) in [4.78, 5) is 64.0. The zero-order valence-electron chi connectivity index (χ0n) is 20.2. The van der Waals surface area contributed by atoms with E-state index >= 15 is 0 Å². The van der Waals surface area contributed by atoms with Gasteiger partial charge in [0.1, 0.15) is 18.5 Å². The molecule has 0 radical (unpaired) electrons. The van der Waals surface area contributed by atoms with Crippen LogP contribution in [-0.4, -0.2) is 85.7 Å². The van der Waals surface area contributed by atoms with E-state index in [1.165, 1.54) is 25.3 Å². The van der Waals surface area contributed by atoms with Crippen molar-refractivity contribution in [2.75, 3.05) is 32.1 Å². The molecule has 0 saturated carbocycles. The summed E-state index contributed by atoms with van der Waals surface area (Å²) in [5.41, 5.74) is -0.264. The van der Waals surface area contributed by atoms with E-state index in [1.807, 2.05) is 0 Å². The lowest BCUT2D eigenvalue weighted by atomic mass is 9.95. The molecule has 38 heavy (non-hydrogen) atoms. The molecule has 2 aliphatic rings. The van der Waals surface area contributed by atoms with Gasteiger partial charge in [0.05, 0.1) is 17.8 Å². The Morgan fingerprint density at radius 1 is 1.21 bits per heavy atom. The van der Waals surface area contributed by atoms with Crippen molar-refractivity contribution >= 4 is 35.1 Å². The first-order valence-corrected chi connectivity index (χ1v) is 11.6. The number of ketones is 1. The average molecular weight is 546 g/mol. The van der Waals surface area contributed by atoms with Crippen molar-refractivity contribution in [3.63, 3.8) is 0 Å². The van der Waals surface area contributed by atoms with Crippen LogP contribution >= 0.6 is 0 Å². The van der Waals surface area contributed by atoms with Crippen LogP contribution in [0, 0.1) is 11.7 Å². The summed E-state index contributed by atoms with van der Waals surface area (Å²) in [6, 6.07) is 2.23. The second-order valence-electron chi connectivity index (χ2n) is 8.77. The van der Waals surface area contributed by atoms with E-state index in [4.69, 9.17) is 4.74 Å². The van der Waals surface area contributed by atoms with E-state index in [0.717, 1.165) is 11.0 Å². The number of hydrogen-bond acceptors (Lipinski definition) is 7. The minimum atomic E-state index is -5.10. The molecule has 2 fully saturated rings. The number of carbonyl (C=O) groups excluding carboxylic acids is 5. The van der Waals surface area contributed by atoms with Crippen molar-refractivity contribution in [2.24, 2.45) is 5.92 Å². The molecular weight excluding hydrogens is 520 g/mol. The highest BCUT2D eigenvalue weighted by atomic mass is 19.4. The molecule has 208 valence electrons. The molecule has 2 heterocycles. The number of halogens is 4. The fourth-order valence-corrected chi connectivity index (χ4v) is 4.26. The maximum atomic E-state index is 13.9. The number of benzene rings is 1. The number of ether oxygens (including phenoxy) is 2. The number of rotatable bonds is 9. The van der Waals surface area contributed by atoms with Crippen LogP contribution in [0.4, 0.5) is 23.2 Å². The second kappa shape index (κ2) is 12.3. The standard InChI is InChI=1S/C23H26F4N4O7/c1-37-13-9-17(31(10-13)22(36)21(35)29-15-5-3-2-4-14(15)24)20(34)30-16(8-12-6-7-28-19(12)33)18(32)11-38-23(25,26)27/h2-5,12-13,16-17H,6-11H2,1H3,(H,28,33)(H,29,35)(H,30,34). The fraction of sp³-hybridized carbons (Fsp3) is 0.522. The van der Waals surface area contributed by atoms with Gasteiger partial charge < -0.3 is 25.6 Å². The zero-order valence-corrected chi connectivity index (χ0v) is 20.2. The quantitative estimate of drug-likeness (QED) is 0.302. The van der Waals surface area contributed by atoms with Crippen LogP contribution in [0.5, 0.6) is 0 Å². The highest BCUT2D eigenvalue weighted by Gasteiger charge is 2.43. The Balaban J connectivity index is 1.75. The monoisotopic (exact) mass is 546 g/mol. The first-order chi connectivity index (χ1) is 17.9. The van der Waals surface area contributed by atoms with Gasteiger partial charge in [0.2, 0.25) is 11.8 Å². The molecule has 0 spiro atoms. The number of methoxy groups -OCH3 is 1. The highest BCUT2D eigenvalue weighted by molar-refractivity contribution is 6.40. The van der Waals surface area contributed by atoms with Crippen molar-refractivity contribution < 1.29 is 51.0 Å². The van der Waals surface area contributed by atoms with Gasteiger partial charge in [0.15, 0.2) is 5.78 Å². The van der Waals surface area contributed by atoms with Crippen LogP contribution in [0.1, 0.15) is 19.3 Å². The molecule has 3 N–H and O–H groups in total. The van der Waals surface area contributed by atoms with Crippen LogP contribution in [0.3, 0.4) is 0 Å². The number of alkyl halides is 3. The Morgan fingerprint density at radius 2 is 1.92 bits per heavy atom. The summed E-state index contributed by atoms with van der Waals surface area (Å²) >= 11 is 0. The lowest BCUT2D eigenvalue weighted by Crippen LogP contribution is -2.53. The van der Waals surface area contributed by atoms with E-state index in [1.54, 1.807) is 0 Å². The number of nitrogens with zero attached hydrogens (tertiary/aromatic N) is 1. The summed E-state index contributed by atoms with van der Waals surface area (Å²) in [5, 5.41) is 6.97. The summed E-state index contributed by atoms with van der Waals surface area (Å²) in [6.45, 7) is -1.30. The Morgan fingerprint density at radius 3 is 2.53 bits per heavy atom.